The number of carboxylic acids is 1. The Hall–Kier alpha value is -1.59. The first-order valence-electron chi connectivity index (χ1n) is 5.40. The number of hydrogen-bond donors (Lipinski definition) is 1. The van der Waals surface area contributed by atoms with Crippen molar-refractivity contribution in [1.82, 2.24) is 4.90 Å². The van der Waals surface area contributed by atoms with Crippen molar-refractivity contribution in [3.05, 3.63) is 0 Å². The lowest BCUT2D eigenvalue weighted by atomic mass is 10.00. The minimum Gasteiger partial charge on any atom is -0.478 e. The van der Waals surface area contributed by atoms with Gasteiger partial charge in [0.15, 0.2) is 0 Å². The number of hydrogen-bond acceptors (Lipinski definition) is 3. The zero-order valence-electron chi connectivity index (χ0n) is 11.0. The molecule has 0 amide bonds. The van der Waals surface area contributed by atoms with E-state index in [1.807, 2.05) is 0 Å². The van der Waals surface area contributed by atoms with Crippen molar-refractivity contribution in [2.75, 3.05) is 0 Å². The molecule has 154 valence electrons. The first kappa shape index (κ1) is 22.5. The Balaban J connectivity index is 3.89. The summed E-state index contributed by atoms with van der Waals surface area (Å²) in [4.78, 5) is 6.04. The van der Waals surface area contributed by atoms with Crippen molar-refractivity contribution in [3.8, 4) is 0 Å². The second kappa shape index (κ2) is 5.23. The quantitative estimate of drug-likeness (QED) is 0.555. The SMILES string of the molecule is O=C(O)[C@@](F)(C(F)(F)F)C(F)(F)N1C(F)(F)C(F)(F)OC(F)(F)C1(F)F. The van der Waals surface area contributed by atoms with Gasteiger partial charge >= 0.3 is 48.2 Å². The van der Waals surface area contributed by atoms with Crippen LogP contribution in [0.15, 0.2) is 0 Å². The number of halogens is 14. The minimum atomic E-state index is -7.89. The van der Waals surface area contributed by atoms with Crippen molar-refractivity contribution >= 4 is 5.97 Å². The molecule has 0 aromatic carbocycles. The largest absolute Gasteiger partial charge is 0.478 e. The molecule has 4 nitrogen and oxygen atoms in total. The van der Waals surface area contributed by atoms with Gasteiger partial charge in [0.25, 0.3) is 0 Å². The summed E-state index contributed by atoms with van der Waals surface area (Å²) in [7, 11) is 0. The maximum Gasteiger partial charge on any atom is 0.441 e. The second-order valence-corrected chi connectivity index (χ2v) is 4.56. The molecule has 0 saturated carbocycles. The summed E-state index contributed by atoms with van der Waals surface area (Å²) in [6.07, 6.45) is -21.5. The highest BCUT2D eigenvalue weighted by Gasteiger charge is 2.93. The van der Waals surface area contributed by atoms with Crippen molar-refractivity contribution < 1.29 is 76.1 Å². The lowest BCUT2D eigenvalue weighted by molar-refractivity contribution is -0.592. The van der Waals surface area contributed by atoms with Gasteiger partial charge in [0.1, 0.15) is 0 Å². The molecule has 1 fully saturated rings. The summed E-state index contributed by atoms with van der Waals surface area (Å²) in [6.45, 7) is 0. The van der Waals surface area contributed by atoms with Crippen LogP contribution in [0.25, 0.3) is 0 Å². The monoisotopic (exact) mass is 425 g/mol. The molecule has 1 atom stereocenters. The molecule has 1 aliphatic heterocycles. The number of rotatable bonds is 3. The van der Waals surface area contributed by atoms with Gasteiger partial charge in [-0.05, 0) is 0 Å². The topological polar surface area (TPSA) is 49.8 Å². The van der Waals surface area contributed by atoms with Gasteiger partial charge in [-0.1, -0.05) is 0 Å². The van der Waals surface area contributed by atoms with E-state index in [1.165, 1.54) is 0 Å². The minimum absolute atomic E-state index is 1.68. The average Bonchev–Trinajstić information content (AvgIpc) is 2.31. The predicted octanol–water partition coefficient (Wildman–Crippen LogP) is 3.64. The van der Waals surface area contributed by atoms with E-state index >= 15 is 0 Å². The zero-order chi connectivity index (χ0) is 21.4. The molecule has 26 heavy (non-hydrogen) atoms. The van der Waals surface area contributed by atoms with Crippen LogP contribution in [-0.4, -0.2) is 58.2 Å². The number of ether oxygens (including phenoxy) is 1. The number of nitrogens with zero attached hydrogens (tertiary/aromatic N) is 1. The Morgan fingerprint density at radius 1 is 0.769 bits per heavy atom. The molecule has 1 heterocycles. The van der Waals surface area contributed by atoms with Crippen molar-refractivity contribution in [3.63, 3.8) is 0 Å². The van der Waals surface area contributed by atoms with E-state index in [0.717, 1.165) is 0 Å². The molecular weight excluding hydrogens is 424 g/mol. The highest BCUT2D eigenvalue weighted by atomic mass is 19.4. The molecule has 1 aliphatic rings. The van der Waals surface area contributed by atoms with Gasteiger partial charge in [0.2, 0.25) is 0 Å². The smallest absolute Gasteiger partial charge is 0.441 e. The Bertz CT molecular complexity index is 573. The summed E-state index contributed by atoms with van der Waals surface area (Å²) in [6, 6.07) is -22.7. The van der Waals surface area contributed by atoms with Crippen LogP contribution < -0.4 is 0 Å². The van der Waals surface area contributed by atoms with E-state index in [-0.39, 0.29) is 0 Å². The molecule has 18 heteroatoms. The van der Waals surface area contributed by atoms with E-state index in [4.69, 9.17) is 5.11 Å². The maximum atomic E-state index is 13.6. The highest BCUT2D eigenvalue weighted by molar-refractivity contribution is 5.80. The van der Waals surface area contributed by atoms with Gasteiger partial charge in [-0.2, -0.15) is 57.1 Å². The van der Waals surface area contributed by atoms with Gasteiger partial charge in [0, 0.05) is 0 Å². The molecule has 0 aromatic rings. The molecule has 0 spiro atoms. The molecule has 0 bridgehead atoms. The first-order chi connectivity index (χ1) is 11.0. The fraction of sp³-hybridized carbons (Fsp3) is 0.875. The third-order valence-electron chi connectivity index (χ3n) is 2.90. The highest BCUT2D eigenvalue weighted by Crippen LogP contribution is 2.62. The molecule has 1 saturated heterocycles. The fourth-order valence-corrected chi connectivity index (χ4v) is 1.65. The Labute approximate surface area is 130 Å². The number of alkyl halides is 14. The number of morpholine rings is 1. The summed E-state index contributed by atoms with van der Waals surface area (Å²) in [5, 5.41) is 7.94. The number of aliphatic carboxylic acids is 1. The number of carboxylic acid groups (broad SMARTS) is 1. The summed E-state index contributed by atoms with van der Waals surface area (Å²) in [5.74, 6) is -4.46. The normalized spacial score (nSPS) is 27.6. The van der Waals surface area contributed by atoms with Crippen LogP contribution in [0.5, 0.6) is 0 Å². The standard InChI is InChI=1S/C8HF14NO3/c9-2(1(24)25,3(10,11)12)4(13,14)23-5(15,16)7(19,20)26-8(21,22)6(23,17)18/h(H,24,25)/t2-/m1/s1. The lowest BCUT2D eigenvalue weighted by Gasteiger charge is -2.51. The van der Waals surface area contributed by atoms with Crippen molar-refractivity contribution in [2.24, 2.45) is 0 Å². The molecule has 0 aromatic heterocycles. The summed E-state index contributed by atoms with van der Waals surface area (Å²) >= 11 is 0. The van der Waals surface area contributed by atoms with E-state index in [0.29, 0.717) is 0 Å². The Morgan fingerprint density at radius 3 is 1.31 bits per heavy atom. The van der Waals surface area contributed by atoms with Crippen LogP contribution in [0.3, 0.4) is 0 Å². The van der Waals surface area contributed by atoms with E-state index in [2.05, 4.69) is 0 Å². The molecule has 0 unspecified atom stereocenters. The van der Waals surface area contributed by atoms with Crippen LogP contribution in [-0.2, 0) is 9.53 Å². The molecule has 1 rings (SSSR count). The second-order valence-electron chi connectivity index (χ2n) is 4.56. The van der Waals surface area contributed by atoms with Crippen molar-refractivity contribution in [1.29, 1.82) is 0 Å². The van der Waals surface area contributed by atoms with E-state index in [9.17, 15) is 66.3 Å². The van der Waals surface area contributed by atoms with Crippen LogP contribution in [0.1, 0.15) is 0 Å². The van der Waals surface area contributed by atoms with Crippen LogP contribution in [0.4, 0.5) is 61.5 Å². The first-order valence-corrected chi connectivity index (χ1v) is 5.40. The van der Waals surface area contributed by atoms with Gasteiger partial charge < -0.3 is 5.11 Å². The van der Waals surface area contributed by atoms with Crippen LogP contribution in [0.2, 0.25) is 0 Å². The molecule has 0 aliphatic carbocycles. The molecule has 0 radical (unpaired) electrons. The van der Waals surface area contributed by atoms with Gasteiger partial charge in [-0.3, -0.25) is 0 Å². The number of carbonyl (C=O) groups is 1. The summed E-state index contributed by atoms with van der Waals surface area (Å²) < 4.78 is 183. The van der Waals surface area contributed by atoms with Gasteiger partial charge in [-0.25, -0.2) is 13.9 Å². The molecule has 1 N–H and O–H groups in total. The summed E-state index contributed by atoms with van der Waals surface area (Å²) in [5.41, 5.74) is -7.43. The van der Waals surface area contributed by atoms with Crippen molar-refractivity contribution in [2.45, 2.75) is 42.2 Å². The van der Waals surface area contributed by atoms with E-state index < -0.39 is 53.1 Å². The van der Waals surface area contributed by atoms with Crippen LogP contribution in [0, 0.1) is 0 Å². The third-order valence-corrected chi connectivity index (χ3v) is 2.90. The fourth-order valence-electron chi connectivity index (χ4n) is 1.65. The molecular formula is C8HF14NO3. The Kier molecular flexibility index (Phi) is 4.52. The van der Waals surface area contributed by atoms with E-state index in [1.54, 1.807) is 4.74 Å². The Morgan fingerprint density at radius 2 is 1.08 bits per heavy atom. The maximum absolute atomic E-state index is 13.6. The zero-order valence-corrected chi connectivity index (χ0v) is 11.0. The lowest BCUT2D eigenvalue weighted by Crippen LogP contribution is -2.82. The average molecular weight is 425 g/mol. The third kappa shape index (κ3) is 2.48. The van der Waals surface area contributed by atoms with Gasteiger partial charge in [0.05, 0.1) is 0 Å². The van der Waals surface area contributed by atoms with Gasteiger partial charge in [-0.15, -0.1) is 4.90 Å². The van der Waals surface area contributed by atoms with Crippen LogP contribution >= 0.6 is 0 Å². The predicted molar refractivity (Wildman–Crippen MR) is 45.2 cm³/mol.